The maximum Gasteiger partial charge on any atom is 0.0636 e. The molecule has 42 heavy (non-hydrogen) atoms. The molecule has 5 rings (SSSR count). The molecule has 0 amide bonds. The van der Waals surface area contributed by atoms with Crippen LogP contribution in [0.3, 0.4) is 0 Å². The van der Waals surface area contributed by atoms with Crippen molar-refractivity contribution in [2.45, 2.75) is 79.1 Å². The Morgan fingerprint density at radius 1 is 0.310 bits per heavy atom. The Balaban J connectivity index is 2.10. The Labute approximate surface area is 257 Å². The predicted octanol–water partition coefficient (Wildman–Crippen LogP) is 12.8. The zero-order chi connectivity index (χ0) is 31.7. The number of benzene rings is 5. The molecule has 0 unspecified atom stereocenters. The van der Waals surface area contributed by atoms with Gasteiger partial charge < -0.3 is 0 Å². The van der Waals surface area contributed by atoms with Crippen molar-refractivity contribution in [1.82, 2.24) is 0 Å². The third kappa shape index (κ3) is 5.73. The van der Waals surface area contributed by atoms with Crippen LogP contribution in [0.15, 0.2) is 109 Å². The monoisotopic (exact) mass is 552 g/mol. The molecule has 0 N–H and O–H groups in total. The maximum atomic E-state index is 10.2. The van der Waals surface area contributed by atoms with Crippen molar-refractivity contribution in [3.63, 3.8) is 0 Å². The molecule has 0 aromatic heterocycles. The second kappa shape index (κ2) is 12.5. The van der Waals surface area contributed by atoms with E-state index in [-0.39, 0.29) is 23.7 Å². The lowest BCUT2D eigenvalue weighted by atomic mass is 9.79. The molecule has 0 aliphatic carbocycles. The minimum absolute atomic E-state index is 0.265. The van der Waals surface area contributed by atoms with Crippen molar-refractivity contribution in [2.75, 3.05) is 0 Å². The average molecular weight is 553 g/mol. The lowest BCUT2D eigenvalue weighted by Gasteiger charge is -2.25. The van der Waals surface area contributed by atoms with E-state index in [0.29, 0.717) is 12.1 Å². The molecule has 0 fully saturated rings. The standard InChI is InChI=1S/C42H46/c1-27(2)31-17-9-13-21-35(31)39-25-41(37-23-15-11-19-33(37)29(5)6)42(38-24-16-12-20-34(38)30(7)8)26-40(39)36-22-14-10-18-32(36)28(3)4/h9-30H,1-8H3/i25D,26D. The predicted molar refractivity (Wildman–Crippen MR) is 185 cm³/mol. The van der Waals surface area contributed by atoms with Crippen LogP contribution in [0.5, 0.6) is 0 Å². The van der Waals surface area contributed by atoms with Crippen molar-refractivity contribution < 1.29 is 2.74 Å². The third-order valence-electron chi connectivity index (χ3n) is 8.41. The lowest BCUT2D eigenvalue weighted by Crippen LogP contribution is -2.01. The van der Waals surface area contributed by atoms with Gasteiger partial charge in [-0.2, -0.15) is 0 Å². The van der Waals surface area contributed by atoms with Gasteiger partial charge in [0, 0.05) is 0 Å². The van der Waals surface area contributed by atoms with E-state index in [1.165, 1.54) is 22.3 Å². The molecule has 0 nitrogen and oxygen atoms in total. The van der Waals surface area contributed by atoms with Crippen LogP contribution in [0.25, 0.3) is 44.5 Å². The van der Waals surface area contributed by atoms with E-state index in [1.54, 1.807) is 0 Å². The molecule has 0 saturated carbocycles. The lowest BCUT2D eigenvalue weighted by molar-refractivity contribution is 0.866. The first-order valence-electron chi connectivity index (χ1n) is 16.6. The quantitative estimate of drug-likeness (QED) is 0.180. The Kier molecular flexibility index (Phi) is 8.05. The van der Waals surface area contributed by atoms with Crippen molar-refractivity contribution in [1.29, 1.82) is 0 Å². The van der Waals surface area contributed by atoms with Gasteiger partial charge in [0.1, 0.15) is 0 Å². The van der Waals surface area contributed by atoms with Gasteiger partial charge in [-0.15, -0.1) is 0 Å². The van der Waals surface area contributed by atoms with Crippen molar-refractivity contribution in [3.8, 4) is 44.5 Å². The molecule has 0 radical (unpaired) electrons. The molecule has 0 heterocycles. The molecule has 0 bridgehead atoms. The summed E-state index contributed by atoms with van der Waals surface area (Å²) in [4.78, 5) is 0. The first kappa shape index (κ1) is 27.0. The SMILES string of the molecule is [2H]c1c(-c2ccccc2C(C)C)c(-c2ccccc2C(C)C)c([2H])c(-c2ccccc2C(C)C)c1-c1ccccc1C(C)C. The van der Waals surface area contributed by atoms with Gasteiger partial charge in [0.15, 0.2) is 0 Å². The molecule has 0 aliphatic heterocycles. The van der Waals surface area contributed by atoms with E-state index in [1.807, 2.05) is 0 Å². The van der Waals surface area contributed by atoms with Gasteiger partial charge >= 0.3 is 0 Å². The van der Waals surface area contributed by atoms with Gasteiger partial charge in [0.05, 0.1) is 2.74 Å². The van der Waals surface area contributed by atoms with Gasteiger partial charge in [-0.3, -0.25) is 0 Å². The number of hydrogen-bond donors (Lipinski definition) is 0. The first-order valence-corrected chi connectivity index (χ1v) is 15.6. The van der Waals surface area contributed by atoms with E-state index in [9.17, 15) is 2.74 Å². The van der Waals surface area contributed by atoms with Crippen LogP contribution in [0, 0.1) is 0 Å². The Morgan fingerprint density at radius 2 is 0.500 bits per heavy atom. The highest BCUT2D eigenvalue weighted by Gasteiger charge is 2.23. The van der Waals surface area contributed by atoms with Crippen LogP contribution in [0.4, 0.5) is 0 Å². The molecular weight excluding hydrogens is 504 g/mol. The molecule has 5 aromatic rings. The zero-order valence-corrected chi connectivity index (χ0v) is 26.5. The average Bonchev–Trinajstić information content (AvgIpc) is 3.01. The summed E-state index contributed by atoms with van der Waals surface area (Å²) in [5.74, 6) is 1.06. The molecule has 0 spiro atoms. The maximum absolute atomic E-state index is 10.2. The van der Waals surface area contributed by atoms with E-state index in [0.717, 1.165) is 44.5 Å². The van der Waals surface area contributed by atoms with E-state index >= 15 is 0 Å². The fourth-order valence-corrected chi connectivity index (χ4v) is 6.22. The molecular formula is C42H46. The molecule has 0 heteroatoms. The summed E-state index contributed by atoms with van der Waals surface area (Å²) < 4.78 is 20.5. The van der Waals surface area contributed by atoms with E-state index in [2.05, 4.69) is 152 Å². The van der Waals surface area contributed by atoms with E-state index in [4.69, 9.17) is 0 Å². The zero-order valence-electron chi connectivity index (χ0n) is 28.5. The van der Waals surface area contributed by atoms with Gasteiger partial charge in [-0.25, -0.2) is 0 Å². The Bertz CT molecular complexity index is 1530. The minimum Gasteiger partial charge on any atom is -0.0619 e. The summed E-state index contributed by atoms with van der Waals surface area (Å²) in [6.45, 7) is 17.7. The first-order chi connectivity index (χ1) is 21.0. The minimum atomic E-state index is 0.265. The third-order valence-corrected chi connectivity index (χ3v) is 8.41. The molecule has 214 valence electrons. The summed E-state index contributed by atoms with van der Waals surface area (Å²) in [6.07, 6.45) is 0. The fourth-order valence-electron chi connectivity index (χ4n) is 6.22. The van der Waals surface area contributed by atoms with Crippen LogP contribution >= 0.6 is 0 Å². The molecule has 0 atom stereocenters. The molecule has 0 saturated heterocycles. The number of rotatable bonds is 8. The summed E-state index contributed by atoms with van der Waals surface area (Å²) in [7, 11) is 0. The summed E-state index contributed by atoms with van der Waals surface area (Å²) in [5.41, 5.74) is 12.4. The van der Waals surface area contributed by atoms with Crippen LogP contribution in [-0.2, 0) is 0 Å². The van der Waals surface area contributed by atoms with Crippen LogP contribution < -0.4 is 0 Å². The van der Waals surface area contributed by atoms with Gasteiger partial charge in [-0.1, -0.05) is 152 Å². The largest absolute Gasteiger partial charge is 0.0636 e. The second-order valence-electron chi connectivity index (χ2n) is 12.7. The molecule has 5 aromatic carbocycles. The molecule has 0 aliphatic rings. The highest BCUT2D eigenvalue weighted by molar-refractivity contribution is 5.97. The highest BCUT2D eigenvalue weighted by Crippen LogP contribution is 2.47. The van der Waals surface area contributed by atoms with Crippen molar-refractivity contribution >= 4 is 0 Å². The van der Waals surface area contributed by atoms with E-state index < -0.39 is 0 Å². The number of hydrogen-bond acceptors (Lipinski definition) is 0. The normalized spacial score (nSPS) is 12.4. The van der Waals surface area contributed by atoms with Gasteiger partial charge in [-0.05, 0) is 103 Å². The van der Waals surface area contributed by atoms with Crippen molar-refractivity contribution in [2.24, 2.45) is 0 Å². The fraction of sp³-hybridized carbons (Fsp3) is 0.286. The van der Waals surface area contributed by atoms with Crippen molar-refractivity contribution in [3.05, 3.63) is 131 Å². The summed E-state index contributed by atoms with van der Waals surface area (Å²) >= 11 is 0. The van der Waals surface area contributed by atoms with Gasteiger partial charge in [0.2, 0.25) is 0 Å². The Morgan fingerprint density at radius 3 is 0.690 bits per heavy atom. The summed E-state index contributed by atoms with van der Waals surface area (Å²) in [5, 5.41) is 0. The van der Waals surface area contributed by atoms with Crippen LogP contribution in [-0.4, -0.2) is 0 Å². The van der Waals surface area contributed by atoms with Crippen LogP contribution in [0.1, 0.15) is 104 Å². The Hall–Kier alpha value is -3.90. The highest BCUT2D eigenvalue weighted by atomic mass is 14.3. The summed E-state index contributed by atoms with van der Waals surface area (Å²) in [6, 6.07) is 35.0. The van der Waals surface area contributed by atoms with Crippen LogP contribution in [0.2, 0.25) is 0 Å². The topological polar surface area (TPSA) is 0 Å². The smallest absolute Gasteiger partial charge is 0.0619 e. The van der Waals surface area contributed by atoms with Gasteiger partial charge in [0.25, 0.3) is 0 Å². The second-order valence-corrected chi connectivity index (χ2v) is 12.7.